The van der Waals surface area contributed by atoms with E-state index in [1.165, 1.54) is 0 Å². The zero-order chi connectivity index (χ0) is 20.0. The van der Waals surface area contributed by atoms with Gasteiger partial charge in [-0.05, 0) is 49.0 Å². The zero-order valence-electron chi connectivity index (χ0n) is 15.6. The van der Waals surface area contributed by atoms with E-state index in [-0.39, 0.29) is 22.5 Å². The van der Waals surface area contributed by atoms with Crippen molar-refractivity contribution < 1.29 is 17.5 Å². The molecule has 2 aromatic rings. The van der Waals surface area contributed by atoms with Gasteiger partial charge in [0.2, 0.25) is 10.0 Å². The molecule has 0 heterocycles. The average molecular weight is 415 g/mol. The Balaban J connectivity index is 2.29. The van der Waals surface area contributed by atoms with E-state index < -0.39 is 15.8 Å². The molecule has 5 nitrogen and oxygen atoms in total. The molecule has 2 aromatic carbocycles. The van der Waals surface area contributed by atoms with Crippen LogP contribution >= 0.6 is 11.6 Å². The van der Waals surface area contributed by atoms with Crippen molar-refractivity contribution in [3.63, 3.8) is 0 Å². The molecule has 27 heavy (non-hydrogen) atoms. The number of hydrogen-bond donors (Lipinski definition) is 1. The van der Waals surface area contributed by atoms with Crippen molar-refractivity contribution in [3.8, 4) is 5.75 Å². The van der Waals surface area contributed by atoms with Gasteiger partial charge in [0.15, 0.2) is 0 Å². The summed E-state index contributed by atoms with van der Waals surface area (Å²) in [5.41, 5.74) is 0.936. The largest absolute Gasteiger partial charge is 0.497 e. The van der Waals surface area contributed by atoms with Gasteiger partial charge in [-0.15, -0.1) is 0 Å². The summed E-state index contributed by atoms with van der Waals surface area (Å²) in [5.74, 6) is 0.116. The third-order valence-electron chi connectivity index (χ3n) is 4.38. The maximum Gasteiger partial charge on any atom is 0.242 e. The van der Waals surface area contributed by atoms with Gasteiger partial charge in [-0.3, -0.25) is 4.90 Å². The predicted molar refractivity (Wildman–Crippen MR) is 105 cm³/mol. The van der Waals surface area contributed by atoms with Crippen LogP contribution in [-0.4, -0.2) is 40.1 Å². The standard InChI is InChI=1S/C19H24ClFN2O3S/c1-4-23(5-2)18(14-7-6-8-16(11-14)26-3)13-22-27(24,25)19-10-9-15(21)12-17(19)20/h6-12,18,22H,4-5,13H2,1-3H3/t18-/m0/s1. The number of sulfonamides is 1. The van der Waals surface area contributed by atoms with Crippen LogP contribution in [0.15, 0.2) is 47.4 Å². The first-order chi connectivity index (χ1) is 12.8. The summed E-state index contributed by atoms with van der Waals surface area (Å²) >= 11 is 5.92. The lowest BCUT2D eigenvalue weighted by atomic mass is 10.0. The van der Waals surface area contributed by atoms with E-state index in [9.17, 15) is 12.8 Å². The molecule has 1 N–H and O–H groups in total. The minimum absolute atomic E-state index is 0.144. The van der Waals surface area contributed by atoms with Crippen LogP contribution in [0, 0.1) is 5.82 Å². The lowest BCUT2D eigenvalue weighted by Gasteiger charge is -2.30. The Morgan fingerprint density at radius 2 is 1.89 bits per heavy atom. The van der Waals surface area contributed by atoms with Crippen LogP contribution in [0.5, 0.6) is 5.75 Å². The molecule has 0 aliphatic heterocycles. The molecule has 0 saturated carbocycles. The molecule has 1 atom stereocenters. The van der Waals surface area contributed by atoms with Crippen LogP contribution in [0.4, 0.5) is 4.39 Å². The van der Waals surface area contributed by atoms with E-state index >= 15 is 0 Å². The number of nitrogens with zero attached hydrogens (tertiary/aromatic N) is 1. The van der Waals surface area contributed by atoms with Crippen LogP contribution in [0.3, 0.4) is 0 Å². The fourth-order valence-corrected chi connectivity index (χ4v) is 4.50. The smallest absolute Gasteiger partial charge is 0.242 e. The number of halogens is 2. The van der Waals surface area contributed by atoms with E-state index in [0.29, 0.717) is 5.75 Å². The van der Waals surface area contributed by atoms with Crippen LogP contribution in [-0.2, 0) is 10.0 Å². The highest BCUT2D eigenvalue weighted by atomic mass is 35.5. The lowest BCUT2D eigenvalue weighted by Crippen LogP contribution is -2.38. The van der Waals surface area contributed by atoms with Crippen molar-refractivity contribution in [2.45, 2.75) is 24.8 Å². The highest BCUT2D eigenvalue weighted by molar-refractivity contribution is 7.89. The van der Waals surface area contributed by atoms with Crippen LogP contribution in [0.2, 0.25) is 5.02 Å². The molecule has 0 amide bonds. The molecule has 0 bridgehead atoms. The molecule has 0 radical (unpaired) electrons. The first-order valence-corrected chi connectivity index (χ1v) is 10.5. The van der Waals surface area contributed by atoms with Gasteiger partial charge in [-0.2, -0.15) is 0 Å². The second kappa shape index (κ2) is 9.50. The fraction of sp³-hybridized carbons (Fsp3) is 0.368. The number of nitrogens with one attached hydrogen (secondary N) is 1. The summed E-state index contributed by atoms with van der Waals surface area (Å²) in [6.07, 6.45) is 0. The van der Waals surface area contributed by atoms with Crippen LogP contribution in [0.1, 0.15) is 25.5 Å². The summed E-state index contributed by atoms with van der Waals surface area (Å²) < 4.78 is 46.4. The molecule has 0 aliphatic rings. The Hall–Kier alpha value is -1.67. The Morgan fingerprint density at radius 3 is 2.48 bits per heavy atom. The predicted octanol–water partition coefficient (Wildman–Crippen LogP) is 3.85. The van der Waals surface area contributed by atoms with Crippen LogP contribution < -0.4 is 9.46 Å². The molecule has 0 aromatic heterocycles. The minimum Gasteiger partial charge on any atom is -0.497 e. The van der Waals surface area contributed by atoms with Crippen molar-refractivity contribution in [3.05, 3.63) is 58.9 Å². The molecule has 148 valence electrons. The van der Waals surface area contributed by atoms with Gasteiger partial charge in [0.1, 0.15) is 16.5 Å². The lowest BCUT2D eigenvalue weighted by molar-refractivity contribution is 0.219. The Bertz CT molecular complexity index is 873. The van der Waals surface area contributed by atoms with Gasteiger partial charge < -0.3 is 4.74 Å². The molecule has 0 unspecified atom stereocenters. The fourth-order valence-electron chi connectivity index (χ4n) is 2.93. The maximum absolute atomic E-state index is 13.2. The maximum atomic E-state index is 13.2. The molecule has 0 fully saturated rings. The molecule has 0 spiro atoms. The van der Waals surface area contributed by atoms with E-state index in [1.807, 2.05) is 38.1 Å². The van der Waals surface area contributed by atoms with Gasteiger partial charge >= 0.3 is 0 Å². The molecule has 8 heteroatoms. The monoisotopic (exact) mass is 414 g/mol. The molecule has 0 saturated heterocycles. The van der Waals surface area contributed by atoms with Gasteiger partial charge in [-0.1, -0.05) is 37.6 Å². The molecular formula is C19H24ClFN2O3S. The van der Waals surface area contributed by atoms with Crippen molar-refractivity contribution in [2.75, 3.05) is 26.7 Å². The summed E-state index contributed by atoms with van der Waals surface area (Å²) in [6.45, 7) is 5.67. The summed E-state index contributed by atoms with van der Waals surface area (Å²) in [4.78, 5) is 2.00. The highest BCUT2D eigenvalue weighted by Crippen LogP contribution is 2.26. The van der Waals surface area contributed by atoms with Gasteiger partial charge in [0.05, 0.1) is 12.1 Å². The SMILES string of the molecule is CCN(CC)[C@@H](CNS(=O)(=O)c1ccc(F)cc1Cl)c1cccc(OC)c1. The van der Waals surface area contributed by atoms with Crippen molar-refractivity contribution in [1.82, 2.24) is 9.62 Å². The van der Waals surface area contributed by atoms with Crippen molar-refractivity contribution in [2.24, 2.45) is 0 Å². The molecular weight excluding hydrogens is 391 g/mol. The number of ether oxygens (including phenoxy) is 1. The Morgan fingerprint density at radius 1 is 1.19 bits per heavy atom. The number of rotatable bonds is 9. The van der Waals surface area contributed by atoms with Gasteiger partial charge in [0.25, 0.3) is 0 Å². The quantitative estimate of drug-likeness (QED) is 0.677. The molecule has 0 aliphatic carbocycles. The van der Waals surface area contributed by atoms with E-state index in [0.717, 1.165) is 36.9 Å². The van der Waals surface area contributed by atoms with Gasteiger partial charge in [-0.25, -0.2) is 17.5 Å². The van der Waals surface area contributed by atoms with Crippen molar-refractivity contribution in [1.29, 1.82) is 0 Å². The number of likely N-dealkylation sites (N-methyl/N-ethyl adjacent to an activating group) is 1. The average Bonchev–Trinajstić information content (AvgIpc) is 2.64. The Kier molecular flexibility index (Phi) is 7.61. The normalized spacial score (nSPS) is 13.0. The van der Waals surface area contributed by atoms with Gasteiger partial charge in [0, 0.05) is 12.6 Å². The third kappa shape index (κ3) is 5.42. The summed E-state index contributed by atoms with van der Waals surface area (Å²) in [5, 5.41) is -0.150. The summed E-state index contributed by atoms with van der Waals surface area (Å²) in [7, 11) is -2.29. The Labute approximate surface area is 165 Å². The van der Waals surface area contributed by atoms with E-state index in [2.05, 4.69) is 9.62 Å². The minimum atomic E-state index is -3.88. The number of benzene rings is 2. The van der Waals surface area contributed by atoms with E-state index in [1.54, 1.807) is 7.11 Å². The van der Waals surface area contributed by atoms with Crippen LogP contribution in [0.25, 0.3) is 0 Å². The summed E-state index contributed by atoms with van der Waals surface area (Å²) in [6, 6.07) is 10.6. The number of hydrogen-bond acceptors (Lipinski definition) is 4. The van der Waals surface area contributed by atoms with Crippen molar-refractivity contribution >= 4 is 21.6 Å². The topological polar surface area (TPSA) is 58.6 Å². The van der Waals surface area contributed by atoms with E-state index in [4.69, 9.17) is 16.3 Å². The zero-order valence-corrected chi connectivity index (χ0v) is 17.1. The second-order valence-corrected chi connectivity index (χ2v) is 8.08. The first-order valence-electron chi connectivity index (χ1n) is 8.65. The highest BCUT2D eigenvalue weighted by Gasteiger charge is 2.24. The number of methoxy groups -OCH3 is 1. The second-order valence-electron chi connectivity index (χ2n) is 5.94. The molecule has 2 rings (SSSR count). The third-order valence-corrected chi connectivity index (χ3v) is 6.29. The first kappa shape index (κ1) is 21.6.